The van der Waals surface area contributed by atoms with E-state index < -0.39 is 16.7 Å². The van der Waals surface area contributed by atoms with Gasteiger partial charge in [0.1, 0.15) is 5.69 Å². The summed E-state index contributed by atoms with van der Waals surface area (Å²) >= 11 is 0. The van der Waals surface area contributed by atoms with Crippen LogP contribution in [0.15, 0.2) is 53.7 Å². The Morgan fingerprint density at radius 2 is 1.86 bits per heavy atom. The van der Waals surface area contributed by atoms with Crippen molar-refractivity contribution in [2.45, 2.75) is 4.90 Å². The fourth-order valence-electron chi connectivity index (χ4n) is 2.32. The Morgan fingerprint density at radius 3 is 2.59 bits per heavy atom. The minimum atomic E-state index is -1.15. The molecule has 3 aromatic rings. The number of hydrogen-bond donors (Lipinski definition) is 1. The molecule has 2 aromatic heterocycles. The molecule has 0 saturated heterocycles. The summed E-state index contributed by atoms with van der Waals surface area (Å²) in [5.41, 5.74) is 7.63. The third-order valence-electron chi connectivity index (χ3n) is 3.34. The Hall–Kier alpha value is -2.60. The van der Waals surface area contributed by atoms with Gasteiger partial charge in [-0.2, -0.15) is 0 Å². The van der Waals surface area contributed by atoms with E-state index in [0.29, 0.717) is 10.4 Å². The molecule has 0 radical (unpaired) electrons. The van der Waals surface area contributed by atoms with Crippen LogP contribution in [-0.2, 0) is 10.8 Å². The molecule has 0 spiro atoms. The minimum Gasteiger partial charge on any atom is -0.364 e. The zero-order chi connectivity index (χ0) is 15.7. The van der Waals surface area contributed by atoms with Gasteiger partial charge in [0.25, 0.3) is 5.91 Å². The molecule has 5 nitrogen and oxygen atoms in total. The van der Waals surface area contributed by atoms with E-state index in [9.17, 15) is 9.00 Å². The zero-order valence-electron chi connectivity index (χ0n) is 11.8. The van der Waals surface area contributed by atoms with Crippen LogP contribution in [0.25, 0.3) is 22.0 Å². The predicted octanol–water partition coefficient (Wildman–Crippen LogP) is 2.13. The first-order chi connectivity index (χ1) is 10.6. The predicted molar refractivity (Wildman–Crippen MR) is 85.8 cm³/mol. The molecular weight excluding hydrogens is 298 g/mol. The Kier molecular flexibility index (Phi) is 3.68. The van der Waals surface area contributed by atoms with Crippen LogP contribution in [0, 0.1) is 0 Å². The van der Waals surface area contributed by atoms with Crippen LogP contribution in [0.5, 0.6) is 0 Å². The van der Waals surface area contributed by atoms with Crippen molar-refractivity contribution in [3.8, 4) is 11.1 Å². The maximum Gasteiger partial charge on any atom is 0.267 e. The molecule has 2 N–H and O–H groups in total. The van der Waals surface area contributed by atoms with Gasteiger partial charge in [0.05, 0.1) is 16.3 Å². The lowest BCUT2D eigenvalue weighted by molar-refractivity contribution is 0.0996. The number of nitrogens with two attached hydrogens (primary N) is 1. The normalized spacial score (nSPS) is 12.2. The quantitative estimate of drug-likeness (QED) is 0.803. The van der Waals surface area contributed by atoms with E-state index >= 15 is 0 Å². The van der Waals surface area contributed by atoms with Crippen LogP contribution in [0.4, 0.5) is 0 Å². The highest BCUT2D eigenvalue weighted by molar-refractivity contribution is 7.84. The number of hydrogen-bond acceptors (Lipinski definition) is 4. The van der Waals surface area contributed by atoms with Gasteiger partial charge in [-0.3, -0.25) is 14.0 Å². The average molecular weight is 311 g/mol. The number of primary amides is 1. The Labute approximate surface area is 129 Å². The Morgan fingerprint density at radius 1 is 1.09 bits per heavy atom. The third-order valence-corrected chi connectivity index (χ3v) is 4.31. The second kappa shape index (κ2) is 5.65. The maximum absolute atomic E-state index is 11.9. The number of nitrogens with zero attached hydrogens (tertiary/aromatic N) is 2. The molecule has 0 aliphatic heterocycles. The summed E-state index contributed by atoms with van der Waals surface area (Å²) in [4.78, 5) is 20.6. The summed E-state index contributed by atoms with van der Waals surface area (Å²) in [6, 6.07) is 10.7. The summed E-state index contributed by atoms with van der Waals surface area (Å²) < 4.78 is 11.9. The molecular formula is C16H13N3O2S. The summed E-state index contributed by atoms with van der Waals surface area (Å²) in [7, 11) is -1.15. The fourth-order valence-corrected chi connectivity index (χ4v) is 3.08. The second-order valence-corrected chi connectivity index (χ2v) is 6.12. The molecule has 1 unspecified atom stereocenters. The molecule has 0 fully saturated rings. The third kappa shape index (κ3) is 2.48. The maximum atomic E-state index is 11.9. The number of fused-ring (bicyclic) bond motifs is 1. The first-order valence-electron chi connectivity index (χ1n) is 6.55. The Balaban J connectivity index is 2.34. The number of amides is 1. The van der Waals surface area contributed by atoms with Gasteiger partial charge in [0.2, 0.25) is 0 Å². The highest BCUT2D eigenvalue weighted by Crippen LogP contribution is 2.30. The van der Waals surface area contributed by atoms with Crippen molar-refractivity contribution >= 4 is 27.6 Å². The van der Waals surface area contributed by atoms with Gasteiger partial charge in [-0.25, -0.2) is 4.98 Å². The summed E-state index contributed by atoms with van der Waals surface area (Å²) in [5, 5.41) is 0.791. The molecule has 6 heteroatoms. The van der Waals surface area contributed by atoms with Gasteiger partial charge >= 0.3 is 0 Å². The average Bonchev–Trinajstić information content (AvgIpc) is 2.53. The highest BCUT2D eigenvalue weighted by atomic mass is 32.2. The van der Waals surface area contributed by atoms with Gasteiger partial charge in [0, 0.05) is 40.1 Å². The van der Waals surface area contributed by atoms with Crippen molar-refractivity contribution in [1.29, 1.82) is 0 Å². The summed E-state index contributed by atoms with van der Waals surface area (Å²) in [6.07, 6.45) is 4.95. The fraction of sp³-hybridized carbons (Fsp3) is 0.0625. The van der Waals surface area contributed by atoms with Gasteiger partial charge in [0.15, 0.2) is 0 Å². The second-order valence-electron chi connectivity index (χ2n) is 4.77. The molecule has 110 valence electrons. The van der Waals surface area contributed by atoms with Gasteiger partial charge < -0.3 is 5.73 Å². The van der Waals surface area contributed by atoms with Crippen LogP contribution in [0.1, 0.15) is 10.5 Å². The lowest BCUT2D eigenvalue weighted by atomic mass is 10.0. The van der Waals surface area contributed by atoms with Crippen molar-refractivity contribution in [2.75, 3.05) is 6.26 Å². The first kappa shape index (κ1) is 14.3. The van der Waals surface area contributed by atoms with Crippen molar-refractivity contribution in [1.82, 2.24) is 9.97 Å². The number of pyridine rings is 2. The van der Waals surface area contributed by atoms with Gasteiger partial charge in [-0.1, -0.05) is 18.2 Å². The molecule has 0 bridgehead atoms. The molecule has 1 amide bonds. The standard InChI is InChI=1S/C16H13N3O2S/c1-22(21)14-5-3-2-4-11(14)12-9-18-8-10-6-7-13(16(17)20)19-15(10)12/h2-9H,1H3,(H2,17,20). The number of rotatable bonds is 3. The van der Waals surface area contributed by atoms with E-state index in [2.05, 4.69) is 9.97 Å². The summed E-state index contributed by atoms with van der Waals surface area (Å²) in [6.45, 7) is 0. The number of carbonyl (C=O) groups is 1. The van der Waals surface area contributed by atoms with Crippen LogP contribution in [-0.4, -0.2) is 26.3 Å². The lowest BCUT2D eigenvalue weighted by Crippen LogP contribution is -2.13. The van der Waals surface area contributed by atoms with E-state index in [-0.39, 0.29) is 5.69 Å². The van der Waals surface area contributed by atoms with Crippen molar-refractivity contribution < 1.29 is 9.00 Å². The molecule has 1 aromatic carbocycles. The van der Waals surface area contributed by atoms with E-state index in [1.807, 2.05) is 24.3 Å². The summed E-state index contributed by atoms with van der Waals surface area (Å²) in [5.74, 6) is -0.586. The molecule has 0 saturated carbocycles. The molecule has 0 aliphatic rings. The van der Waals surface area contributed by atoms with Crippen LogP contribution in [0.3, 0.4) is 0 Å². The largest absolute Gasteiger partial charge is 0.364 e. The van der Waals surface area contributed by atoms with E-state index in [0.717, 1.165) is 16.5 Å². The van der Waals surface area contributed by atoms with E-state index in [1.54, 1.807) is 30.8 Å². The van der Waals surface area contributed by atoms with Crippen molar-refractivity contribution in [3.05, 3.63) is 54.5 Å². The van der Waals surface area contributed by atoms with Gasteiger partial charge in [-0.15, -0.1) is 0 Å². The SMILES string of the molecule is CS(=O)c1ccccc1-c1cncc2ccc(C(N)=O)nc12. The minimum absolute atomic E-state index is 0.190. The smallest absolute Gasteiger partial charge is 0.267 e. The number of aromatic nitrogens is 2. The number of benzene rings is 1. The van der Waals surface area contributed by atoms with E-state index in [4.69, 9.17) is 5.73 Å². The van der Waals surface area contributed by atoms with Crippen molar-refractivity contribution in [3.63, 3.8) is 0 Å². The monoisotopic (exact) mass is 311 g/mol. The van der Waals surface area contributed by atoms with E-state index in [1.165, 1.54) is 0 Å². The van der Waals surface area contributed by atoms with Crippen LogP contribution >= 0.6 is 0 Å². The molecule has 1 atom stereocenters. The zero-order valence-corrected chi connectivity index (χ0v) is 12.6. The molecule has 22 heavy (non-hydrogen) atoms. The first-order valence-corrected chi connectivity index (χ1v) is 8.11. The van der Waals surface area contributed by atoms with Crippen LogP contribution in [0.2, 0.25) is 0 Å². The molecule has 3 rings (SSSR count). The highest BCUT2D eigenvalue weighted by Gasteiger charge is 2.13. The molecule has 2 heterocycles. The Bertz CT molecular complexity index is 909. The van der Waals surface area contributed by atoms with Crippen molar-refractivity contribution in [2.24, 2.45) is 5.73 Å². The number of carbonyl (C=O) groups excluding carboxylic acids is 1. The van der Waals surface area contributed by atoms with Crippen LogP contribution < -0.4 is 5.73 Å². The van der Waals surface area contributed by atoms with Gasteiger partial charge in [-0.05, 0) is 18.2 Å². The lowest BCUT2D eigenvalue weighted by Gasteiger charge is -2.10. The topological polar surface area (TPSA) is 85.9 Å². The molecule has 0 aliphatic carbocycles.